The van der Waals surface area contributed by atoms with Gasteiger partial charge < -0.3 is 14.6 Å². The maximum atomic E-state index is 12.3. The van der Waals surface area contributed by atoms with Crippen LogP contribution < -0.4 is 5.56 Å². The zero-order valence-corrected chi connectivity index (χ0v) is 16.0. The number of aromatic nitrogens is 4. The van der Waals surface area contributed by atoms with Crippen LogP contribution in [0.15, 0.2) is 47.5 Å². The summed E-state index contributed by atoms with van der Waals surface area (Å²) in [6.07, 6.45) is 5.62. The first-order valence-corrected chi connectivity index (χ1v) is 9.62. The third-order valence-electron chi connectivity index (χ3n) is 5.16. The molecule has 2 N–H and O–H groups in total. The van der Waals surface area contributed by atoms with Crippen molar-refractivity contribution in [2.24, 2.45) is 0 Å². The van der Waals surface area contributed by atoms with Crippen LogP contribution in [0.1, 0.15) is 29.2 Å². The number of ether oxygens (including phenoxy) is 1. The minimum atomic E-state index is -0.116. The van der Waals surface area contributed by atoms with Gasteiger partial charge >= 0.3 is 0 Å². The Morgan fingerprint density at radius 3 is 3.00 bits per heavy atom. The zero-order valence-electron chi connectivity index (χ0n) is 16.0. The van der Waals surface area contributed by atoms with Crippen LogP contribution in [0.5, 0.6) is 0 Å². The molecule has 0 aliphatic carbocycles. The lowest BCUT2D eigenvalue weighted by molar-refractivity contribution is 0.193. The standard InChI is InChI=1S/C21H25N5O2/c1-26(8-6-15-11-22-23-12-15)13-16-4-2-3-5-18(16)21-24-19(10-20(27)25-21)17-7-9-28-14-17/h2-5,10-12,17H,6-9,13-14H2,1H3,(H,22,23)(H,24,25,27). The van der Waals surface area contributed by atoms with Crippen LogP contribution in [0.25, 0.3) is 11.4 Å². The molecule has 28 heavy (non-hydrogen) atoms. The lowest BCUT2D eigenvalue weighted by Crippen LogP contribution is -2.21. The molecule has 1 aromatic carbocycles. The topological polar surface area (TPSA) is 86.9 Å². The lowest BCUT2D eigenvalue weighted by atomic mass is 10.0. The molecule has 1 aliphatic heterocycles. The van der Waals surface area contributed by atoms with Gasteiger partial charge in [-0.2, -0.15) is 5.10 Å². The van der Waals surface area contributed by atoms with E-state index in [0.717, 1.165) is 49.4 Å². The quantitative estimate of drug-likeness (QED) is 0.658. The summed E-state index contributed by atoms with van der Waals surface area (Å²) in [5.74, 6) is 0.832. The Labute approximate surface area is 163 Å². The molecule has 0 spiro atoms. The van der Waals surface area contributed by atoms with Crippen LogP contribution in [0.4, 0.5) is 0 Å². The van der Waals surface area contributed by atoms with E-state index in [2.05, 4.69) is 33.2 Å². The van der Waals surface area contributed by atoms with Gasteiger partial charge in [0, 0.05) is 43.4 Å². The summed E-state index contributed by atoms with van der Waals surface area (Å²) in [6.45, 7) is 3.05. The van der Waals surface area contributed by atoms with E-state index in [1.165, 1.54) is 5.56 Å². The summed E-state index contributed by atoms with van der Waals surface area (Å²) in [6, 6.07) is 9.72. The first-order chi connectivity index (χ1) is 13.7. The molecule has 0 amide bonds. The lowest BCUT2D eigenvalue weighted by Gasteiger charge is -2.18. The fourth-order valence-corrected chi connectivity index (χ4v) is 3.57. The first-order valence-electron chi connectivity index (χ1n) is 9.62. The molecule has 3 heterocycles. The molecule has 1 saturated heterocycles. The molecule has 146 valence electrons. The van der Waals surface area contributed by atoms with Crippen LogP contribution >= 0.6 is 0 Å². The average molecular weight is 379 g/mol. The highest BCUT2D eigenvalue weighted by Gasteiger charge is 2.21. The summed E-state index contributed by atoms with van der Waals surface area (Å²) in [5, 5.41) is 6.84. The normalized spacial score (nSPS) is 16.7. The van der Waals surface area contributed by atoms with Gasteiger partial charge in [-0.05, 0) is 31.0 Å². The van der Waals surface area contributed by atoms with E-state index in [-0.39, 0.29) is 11.5 Å². The number of hydrogen-bond donors (Lipinski definition) is 2. The molecular weight excluding hydrogens is 354 g/mol. The average Bonchev–Trinajstić information content (AvgIpc) is 3.40. The van der Waals surface area contributed by atoms with E-state index in [9.17, 15) is 4.79 Å². The number of rotatable bonds is 7. The fraction of sp³-hybridized carbons (Fsp3) is 0.381. The second kappa shape index (κ2) is 8.50. The Morgan fingerprint density at radius 1 is 1.32 bits per heavy atom. The van der Waals surface area contributed by atoms with Crippen molar-refractivity contribution in [3.8, 4) is 11.4 Å². The van der Waals surface area contributed by atoms with Gasteiger partial charge in [-0.25, -0.2) is 4.98 Å². The van der Waals surface area contributed by atoms with E-state index in [1.807, 2.05) is 30.6 Å². The van der Waals surface area contributed by atoms with Crippen molar-refractivity contribution < 1.29 is 4.74 Å². The summed E-state index contributed by atoms with van der Waals surface area (Å²) in [5.41, 5.74) is 4.00. The molecule has 1 fully saturated rings. The highest BCUT2D eigenvalue weighted by molar-refractivity contribution is 5.60. The van der Waals surface area contributed by atoms with Gasteiger partial charge in [0.05, 0.1) is 18.5 Å². The van der Waals surface area contributed by atoms with E-state index >= 15 is 0 Å². The van der Waals surface area contributed by atoms with Gasteiger partial charge in [0.1, 0.15) is 5.82 Å². The van der Waals surface area contributed by atoms with E-state index in [4.69, 9.17) is 9.72 Å². The third-order valence-corrected chi connectivity index (χ3v) is 5.16. The second-order valence-corrected chi connectivity index (χ2v) is 7.33. The highest BCUT2D eigenvalue weighted by atomic mass is 16.5. The van der Waals surface area contributed by atoms with Crippen molar-refractivity contribution >= 4 is 0 Å². The van der Waals surface area contributed by atoms with Crippen molar-refractivity contribution in [2.75, 3.05) is 26.8 Å². The fourth-order valence-electron chi connectivity index (χ4n) is 3.57. The monoisotopic (exact) mass is 379 g/mol. The van der Waals surface area contributed by atoms with Crippen LogP contribution in [-0.2, 0) is 17.7 Å². The first kappa shape index (κ1) is 18.6. The molecule has 1 atom stereocenters. The van der Waals surface area contributed by atoms with E-state index in [1.54, 1.807) is 6.07 Å². The summed E-state index contributed by atoms with van der Waals surface area (Å²) in [7, 11) is 2.10. The van der Waals surface area contributed by atoms with Crippen molar-refractivity contribution in [1.29, 1.82) is 0 Å². The Kier molecular flexibility index (Phi) is 5.64. The molecule has 4 rings (SSSR count). The number of nitrogens with one attached hydrogen (secondary N) is 2. The summed E-state index contributed by atoms with van der Waals surface area (Å²) < 4.78 is 5.47. The van der Waals surface area contributed by atoms with Gasteiger partial charge in [0.25, 0.3) is 5.56 Å². The molecule has 3 aromatic rings. The number of likely N-dealkylation sites (N-methyl/N-ethyl adjacent to an activating group) is 1. The Bertz CT molecular complexity index is 961. The molecule has 0 saturated carbocycles. The smallest absolute Gasteiger partial charge is 0.251 e. The highest BCUT2D eigenvalue weighted by Crippen LogP contribution is 2.26. The van der Waals surface area contributed by atoms with Crippen molar-refractivity contribution in [3.05, 3.63) is 69.9 Å². The van der Waals surface area contributed by atoms with Crippen LogP contribution in [-0.4, -0.2) is 51.9 Å². The predicted molar refractivity (Wildman–Crippen MR) is 107 cm³/mol. The van der Waals surface area contributed by atoms with Crippen molar-refractivity contribution in [3.63, 3.8) is 0 Å². The molecule has 0 bridgehead atoms. The van der Waals surface area contributed by atoms with Gasteiger partial charge in [0.15, 0.2) is 0 Å². The van der Waals surface area contributed by atoms with Gasteiger partial charge in [-0.3, -0.25) is 9.89 Å². The molecular formula is C21H25N5O2. The van der Waals surface area contributed by atoms with Gasteiger partial charge in [0.2, 0.25) is 0 Å². The Balaban J connectivity index is 1.55. The number of hydrogen-bond acceptors (Lipinski definition) is 5. The second-order valence-electron chi connectivity index (χ2n) is 7.33. The minimum absolute atomic E-state index is 0.116. The maximum Gasteiger partial charge on any atom is 0.251 e. The van der Waals surface area contributed by atoms with Crippen LogP contribution in [0.3, 0.4) is 0 Å². The predicted octanol–water partition coefficient (Wildman–Crippen LogP) is 2.34. The maximum absolute atomic E-state index is 12.3. The number of aromatic amines is 2. The molecule has 0 radical (unpaired) electrons. The Morgan fingerprint density at radius 2 is 2.21 bits per heavy atom. The summed E-state index contributed by atoms with van der Waals surface area (Å²) in [4.78, 5) is 22.2. The van der Waals surface area contributed by atoms with Crippen molar-refractivity contribution in [1.82, 2.24) is 25.1 Å². The summed E-state index contributed by atoms with van der Waals surface area (Å²) >= 11 is 0. The van der Waals surface area contributed by atoms with Crippen LogP contribution in [0, 0.1) is 0 Å². The SMILES string of the molecule is CN(CCc1cn[nH]c1)Cc1ccccc1-c1nc(C2CCOC2)cc(=O)[nH]1. The molecule has 7 nitrogen and oxygen atoms in total. The van der Waals surface area contributed by atoms with Gasteiger partial charge in [-0.1, -0.05) is 24.3 Å². The van der Waals surface area contributed by atoms with Crippen molar-refractivity contribution in [2.45, 2.75) is 25.3 Å². The largest absolute Gasteiger partial charge is 0.381 e. The zero-order chi connectivity index (χ0) is 19.3. The molecule has 2 aromatic heterocycles. The Hall–Kier alpha value is -2.77. The molecule has 7 heteroatoms. The van der Waals surface area contributed by atoms with E-state index in [0.29, 0.717) is 12.4 Å². The minimum Gasteiger partial charge on any atom is -0.381 e. The molecule has 1 unspecified atom stereocenters. The number of nitrogens with zero attached hydrogens (tertiary/aromatic N) is 3. The number of H-pyrrole nitrogens is 2. The van der Waals surface area contributed by atoms with Crippen LogP contribution in [0.2, 0.25) is 0 Å². The van der Waals surface area contributed by atoms with Gasteiger partial charge in [-0.15, -0.1) is 0 Å². The molecule has 1 aliphatic rings. The van der Waals surface area contributed by atoms with E-state index < -0.39 is 0 Å². The number of benzene rings is 1. The third kappa shape index (κ3) is 4.37.